The minimum absolute atomic E-state index is 0.0126. The van der Waals surface area contributed by atoms with Crippen molar-refractivity contribution in [1.29, 1.82) is 0 Å². The Bertz CT molecular complexity index is 780. The molecule has 126 valence electrons. The minimum atomic E-state index is -4.19. The van der Waals surface area contributed by atoms with Crippen LogP contribution in [0.5, 0.6) is 0 Å². The second kappa shape index (κ2) is 5.48. The van der Waals surface area contributed by atoms with Crippen molar-refractivity contribution in [3.8, 4) is 0 Å². The summed E-state index contributed by atoms with van der Waals surface area (Å²) in [5, 5.41) is 0. The molecular weight excluding hydrogens is 328 g/mol. The van der Waals surface area contributed by atoms with Crippen LogP contribution < -0.4 is 5.73 Å². The van der Waals surface area contributed by atoms with Crippen LogP contribution in [0.1, 0.15) is 19.6 Å². The highest BCUT2D eigenvalue weighted by Crippen LogP contribution is 2.47. The molecule has 0 radical (unpaired) electrons. The van der Waals surface area contributed by atoms with Gasteiger partial charge < -0.3 is 20.3 Å². The molecule has 3 atom stereocenters. The highest BCUT2D eigenvalue weighted by atomic mass is 31.2. The average molecular weight is 345 g/mol. The first-order valence-electron chi connectivity index (χ1n) is 6.94. The van der Waals surface area contributed by atoms with E-state index in [-0.39, 0.29) is 25.0 Å². The Hall–Kier alpha value is -1.61. The van der Waals surface area contributed by atoms with Crippen molar-refractivity contribution in [2.45, 2.75) is 25.7 Å². The molecule has 3 rings (SSSR count). The van der Waals surface area contributed by atoms with Gasteiger partial charge in [0.05, 0.1) is 19.1 Å². The van der Waals surface area contributed by atoms with Crippen LogP contribution in [0, 0.1) is 5.41 Å². The molecule has 4 N–H and O–H groups in total. The van der Waals surface area contributed by atoms with E-state index in [1.54, 1.807) is 6.92 Å². The van der Waals surface area contributed by atoms with Crippen LogP contribution in [-0.4, -0.2) is 48.2 Å². The molecule has 1 aliphatic rings. The number of ether oxygens (including phenoxy) is 1. The van der Waals surface area contributed by atoms with Crippen LogP contribution in [0.2, 0.25) is 0 Å². The van der Waals surface area contributed by atoms with Crippen molar-refractivity contribution >= 4 is 24.6 Å². The quantitative estimate of drug-likeness (QED) is 0.694. The van der Waals surface area contributed by atoms with E-state index in [2.05, 4.69) is 15.0 Å². The first-order valence-corrected chi connectivity index (χ1v) is 8.74. The monoisotopic (exact) mass is 345 g/mol. The maximum absolute atomic E-state index is 14.9. The number of alkyl halides is 1. The van der Waals surface area contributed by atoms with E-state index in [1.807, 2.05) is 0 Å². The third-order valence-electron chi connectivity index (χ3n) is 4.14. The Labute approximate surface area is 130 Å². The predicted octanol–water partition coefficient (Wildman–Crippen LogP) is 0.850. The summed E-state index contributed by atoms with van der Waals surface area (Å²) in [5.41, 5.74) is 5.41. The summed E-state index contributed by atoms with van der Waals surface area (Å²) >= 11 is 0. The topological polar surface area (TPSA) is 136 Å². The Balaban J connectivity index is 1.87. The molecule has 11 heteroatoms. The van der Waals surface area contributed by atoms with Crippen molar-refractivity contribution in [3.05, 3.63) is 12.7 Å². The third kappa shape index (κ3) is 2.94. The number of fused-ring (bicyclic) bond motifs is 1. The van der Waals surface area contributed by atoms with Gasteiger partial charge in [0.25, 0.3) is 0 Å². The Kier molecular flexibility index (Phi) is 3.88. The Morgan fingerprint density at radius 2 is 2.26 bits per heavy atom. The maximum atomic E-state index is 14.9. The first kappa shape index (κ1) is 16.3. The number of nitrogens with zero attached hydrogens (tertiary/aromatic N) is 4. The number of anilines is 1. The standard InChI is InChI=1S/C12H17FN5O4P/c1-12(2-3-23(19,20)21)4-22-11(8(12)13)18-6-17-7-9(14)15-5-16-10(7)18/h5-6,8,11H,2-4H2,1H3,(H2,14,15,16)(H2,19,20,21)/t8-,11+,12-/m0/s1. The lowest BCUT2D eigenvalue weighted by Crippen LogP contribution is -2.31. The number of hydrogen-bond donors (Lipinski definition) is 3. The molecule has 0 amide bonds. The molecule has 9 nitrogen and oxygen atoms in total. The molecule has 2 aromatic heterocycles. The number of hydrogen-bond acceptors (Lipinski definition) is 6. The van der Waals surface area contributed by atoms with Gasteiger partial charge in [-0.15, -0.1) is 0 Å². The number of nitrogens with two attached hydrogens (primary N) is 1. The zero-order valence-corrected chi connectivity index (χ0v) is 13.2. The normalized spacial score (nSPS) is 28.5. The van der Waals surface area contributed by atoms with Crippen molar-refractivity contribution in [2.75, 3.05) is 18.5 Å². The predicted molar refractivity (Wildman–Crippen MR) is 79.3 cm³/mol. The van der Waals surface area contributed by atoms with Gasteiger partial charge in [-0.2, -0.15) is 0 Å². The second-order valence-electron chi connectivity index (χ2n) is 5.98. The Morgan fingerprint density at radius 1 is 1.52 bits per heavy atom. The molecule has 1 saturated heterocycles. The van der Waals surface area contributed by atoms with E-state index in [9.17, 15) is 8.96 Å². The van der Waals surface area contributed by atoms with Crippen LogP contribution in [0.3, 0.4) is 0 Å². The van der Waals surface area contributed by atoms with Crippen molar-refractivity contribution in [2.24, 2.45) is 5.41 Å². The second-order valence-corrected chi connectivity index (χ2v) is 7.76. The summed E-state index contributed by atoms with van der Waals surface area (Å²) < 4.78 is 32.9. The maximum Gasteiger partial charge on any atom is 0.325 e. The van der Waals surface area contributed by atoms with E-state index in [0.717, 1.165) is 0 Å². The van der Waals surface area contributed by atoms with Gasteiger partial charge in [0.1, 0.15) is 11.8 Å². The fraction of sp³-hybridized carbons (Fsp3) is 0.583. The SMILES string of the molecule is C[C@]1(CCP(=O)(O)O)CO[C@@H](n2cnc3c(N)ncnc32)[C@@H]1F. The Morgan fingerprint density at radius 3 is 2.96 bits per heavy atom. The van der Waals surface area contributed by atoms with E-state index in [4.69, 9.17) is 20.3 Å². The van der Waals surface area contributed by atoms with Gasteiger partial charge in [-0.25, -0.2) is 19.3 Å². The number of halogens is 1. The van der Waals surface area contributed by atoms with Crippen LogP contribution >= 0.6 is 7.60 Å². The number of rotatable bonds is 4. The summed E-state index contributed by atoms with van der Waals surface area (Å²) in [5.74, 6) is 0.186. The molecule has 0 aliphatic carbocycles. The molecule has 3 heterocycles. The van der Waals surface area contributed by atoms with Crippen LogP contribution in [0.15, 0.2) is 12.7 Å². The summed E-state index contributed by atoms with van der Waals surface area (Å²) in [7, 11) is -4.19. The molecule has 0 unspecified atom stereocenters. The highest BCUT2D eigenvalue weighted by Gasteiger charge is 2.49. The molecule has 0 aromatic carbocycles. The summed E-state index contributed by atoms with van der Waals surface area (Å²) in [6.07, 6.45) is -0.190. The molecule has 0 spiro atoms. The van der Waals surface area contributed by atoms with Gasteiger partial charge in [-0.05, 0) is 6.42 Å². The molecule has 1 fully saturated rings. The largest absolute Gasteiger partial charge is 0.382 e. The fourth-order valence-corrected chi connectivity index (χ4v) is 3.47. The van der Waals surface area contributed by atoms with E-state index in [1.165, 1.54) is 17.2 Å². The summed E-state index contributed by atoms with van der Waals surface area (Å²) in [6.45, 7) is 1.65. The van der Waals surface area contributed by atoms with Gasteiger partial charge in [0, 0.05) is 5.41 Å². The summed E-state index contributed by atoms with van der Waals surface area (Å²) in [4.78, 5) is 29.9. The van der Waals surface area contributed by atoms with E-state index >= 15 is 0 Å². The zero-order chi connectivity index (χ0) is 16.8. The van der Waals surface area contributed by atoms with Gasteiger partial charge in [0.15, 0.2) is 23.9 Å². The first-order chi connectivity index (χ1) is 10.7. The zero-order valence-electron chi connectivity index (χ0n) is 12.3. The molecule has 0 bridgehead atoms. The van der Waals surface area contributed by atoms with Crippen molar-refractivity contribution in [1.82, 2.24) is 19.5 Å². The van der Waals surface area contributed by atoms with Gasteiger partial charge in [-0.1, -0.05) is 6.92 Å². The number of imidazole rings is 1. The lowest BCUT2D eigenvalue weighted by molar-refractivity contribution is 0.0238. The lowest BCUT2D eigenvalue weighted by atomic mass is 9.84. The third-order valence-corrected chi connectivity index (χ3v) is 4.94. The van der Waals surface area contributed by atoms with Crippen molar-refractivity contribution in [3.63, 3.8) is 0 Å². The van der Waals surface area contributed by atoms with Crippen LogP contribution in [0.25, 0.3) is 11.2 Å². The fourth-order valence-electron chi connectivity index (χ4n) is 2.67. The van der Waals surface area contributed by atoms with Crippen molar-refractivity contribution < 1.29 is 23.5 Å². The van der Waals surface area contributed by atoms with Crippen LogP contribution in [0.4, 0.5) is 10.2 Å². The number of aromatic nitrogens is 4. The van der Waals surface area contributed by atoms with Crippen LogP contribution in [-0.2, 0) is 9.30 Å². The smallest absolute Gasteiger partial charge is 0.325 e. The van der Waals surface area contributed by atoms with E-state index < -0.39 is 25.4 Å². The van der Waals surface area contributed by atoms with E-state index in [0.29, 0.717) is 11.2 Å². The molecule has 0 saturated carbocycles. The molecular formula is C12H17FN5O4P. The molecule has 23 heavy (non-hydrogen) atoms. The molecule has 2 aromatic rings. The highest BCUT2D eigenvalue weighted by molar-refractivity contribution is 7.51. The average Bonchev–Trinajstić information content (AvgIpc) is 3.01. The van der Waals surface area contributed by atoms with Gasteiger partial charge >= 0.3 is 7.60 Å². The van der Waals surface area contributed by atoms with Gasteiger partial charge in [0.2, 0.25) is 0 Å². The summed E-state index contributed by atoms with van der Waals surface area (Å²) in [6, 6.07) is 0. The minimum Gasteiger partial charge on any atom is -0.382 e. The number of nitrogen functional groups attached to an aromatic ring is 1. The lowest BCUT2D eigenvalue weighted by Gasteiger charge is -2.26. The van der Waals surface area contributed by atoms with Gasteiger partial charge in [-0.3, -0.25) is 9.13 Å². The molecule has 1 aliphatic heterocycles.